The van der Waals surface area contributed by atoms with Crippen LogP contribution in [0.15, 0.2) is 42.7 Å². The highest BCUT2D eigenvalue weighted by Crippen LogP contribution is 2.33. The number of pyridine rings is 1. The Bertz CT molecular complexity index is 1390. The molecule has 0 saturated carbocycles. The van der Waals surface area contributed by atoms with Crippen molar-refractivity contribution >= 4 is 29.5 Å². The average Bonchev–Trinajstić information content (AvgIpc) is 3.33. The Labute approximate surface area is 218 Å². The average molecular weight is 526 g/mol. The molecule has 0 spiro atoms. The van der Waals surface area contributed by atoms with Crippen LogP contribution in [0.5, 0.6) is 0 Å². The summed E-state index contributed by atoms with van der Waals surface area (Å²) in [5.74, 6) is -2.78. The summed E-state index contributed by atoms with van der Waals surface area (Å²) < 4.78 is 30.1. The van der Waals surface area contributed by atoms with E-state index in [4.69, 9.17) is 5.73 Å². The summed E-state index contributed by atoms with van der Waals surface area (Å²) in [6, 6.07) is 4.48. The number of β-lactam (4-membered cyclic amide) rings is 1. The van der Waals surface area contributed by atoms with Gasteiger partial charge in [-0.15, -0.1) is 0 Å². The van der Waals surface area contributed by atoms with Crippen LogP contribution in [0.4, 0.5) is 25.2 Å². The number of nitrogens with two attached hydrogens (primary N) is 1. The third kappa shape index (κ3) is 4.93. The SMILES string of the molecule is CCC(NC(=O)N1C(=O)[C@H](Cc2ccnc(N)c2)[C@H]1C(=O)N(C)c1ccn(C)n1)c1ccc(F)c(C)c1F. The van der Waals surface area contributed by atoms with Crippen molar-refractivity contribution in [1.29, 1.82) is 0 Å². The number of likely N-dealkylation sites (tertiary alicyclic amines) is 1. The highest BCUT2D eigenvalue weighted by molar-refractivity contribution is 6.12. The normalized spacial score (nSPS) is 17.6. The number of hydrogen-bond acceptors (Lipinski definition) is 6. The molecule has 3 atom stereocenters. The number of likely N-dealkylation sites (N-methyl/N-ethyl adjacent to an activating group) is 1. The molecule has 38 heavy (non-hydrogen) atoms. The van der Waals surface area contributed by atoms with E-state index in [1.807, 2.05) is 0 Å². The quantitative estimate of drug-likeness (QED) is 0.457. The van der Waals surface area contributed by atoms with Crippen molar-refractivity contribution in [1.82, 2.24) is 25.0 Å². The first kappa shape index (κ1) is 26.7. The number of nitrogens with zero attached hydrogens (tertiary/aromatic N) is 5. The first-order valence-corrected chi connectivity index (χ1v) is 12.1. The number of anilines is 2. The van der Waals surface area contributed by atoms with Crippen molar-refractivity contribution in [3.05, 3.63) is 71.1 Å². The number of urea groups is 1. The van der Waals surface area contributed by atoms with Gasteiger partial charge in [-0.1, -0.05) is 13.0 Å². The Morgan fingerprint density at radius 1 is 1.24 bits per heavy atom. The smallest absolute Gasteiger partial charge is 0.325 e. The van der Waals surface area contributed by atoms with E-state index in [1.165, 1.54) is 35.8 Å². The summed E-state index contributed by atoms with van der Waals surface area (Å²) in [4.78, 5) is 46.3. The Morgan fingerprint density at radius 2 is 1.97 bits per heavy atom. The van der Waals surface area contributed by atoms with Gasteiger partial charge in [-0.3, -0.25) is 24.1 Å². The molecule has 4 amide bonds. The lowest BCUT2D eigenvalue weighted by molar-refractivity contribution is -0.156. The van der Waals surface area contributed by atoms with Crippen molar-refractivity contribution in [2.75, 3.05) is 17.7 Å². The van der Waals surface area contributed by atoms with Gasteiger partial charge in [0.15, 0.2) is 5.82 Å². The lowest BCUT2D eigenvalue weighted by Crippen LogP contribution is -2.70. The highest BCUT2D eigenvalue weighted by atomic mass is 19.1. The van der Waals surface area contributed by atoms with Gasteiger partial charge < -0.3 is 11.1 Å². The number of carbonyl (C=O) groups excluding carboxylic acids is 3. The van der Waals surface area contributed by atoms with E-state index in [9.17, 15) is 23.2 Å². The first-order valence-electron chi connectivity index (χ1n) is 12.1. The second kappa shape index (κ2) is 10.6. The van der Waals surface area contributed by atoms with E-state index in [-0.39, 0.29) is 29.8 Å². The van der Waals surface area contributed by atoms with Crippen LogP contribution in [0.2, 0.25) is 0 Å². The third-order valence-corrected chi connectivity index (χ3v) is 6.79. The molecule has 1 unspecified atom stereocenters. The van der Waals surface area contributed by atoms with Gasteiger partial charge in [0.05, 0.1) is 12.0 Å². The number of hydrogen-bond donors (Lipinski definition) is 2. The summed E-state index contributed by atoms with van der Waals surface area (Å²) in [6.45, 7) is 3.02. The largest absolute Gasteiger partial charge is 0.384 e. The van der Waals surface area contributed by atoms with Crippen molar-refractivity contribution in [2.24, 2.45) is 13.0 Å². The van der Waals surface area contributed by atoms with E-state index in [0.29, 0.717) is 11.4 Å². The second-order valence-corrected chi connectivity index (χ2v) is 9.28. The zero-order valence-corrected chi connectivity index (χ0v) is 21.5. The number of nitrogens with one attached hydrogen (secondary N) is 1. The molecule has 1 aliphatic rings. The van der Waals surface area contributed by atoms with Crippen molar-refractivity contribution in [3.8, 4) is 0 Å². The van der Waals surface area contributed by atoms with Crippen LogP contribution in [0.1, 0.15) is 36.1 Å². The fourth-order valence-electron chi connectivity index (χ4n) is 4.59. The van der Waals surface area contributed by atoms with Crippen LogP contribution in [0, 0.1) is 24.5 Å². The molecule has 0 aliphatic carbocycles. The van der Waals surface area contributed by atoms with Crippen molar-refractivity contribution in [3.63, 3.8) is 0 Å². The zero-order valence-electron chi connectivity index (χ0n) is 21.5. The first-order chi connectivity index (χ1) is 18.0. The monoisotopic (exact) mass is 525 g/mol. The van der Waals surface area contributed by atoms with E-state index < -0.39 is 47.5 Å². The molecular weight excluding hydrogens is 496 g/mol. The molecule has 0 radical (unpaired) electrons. The van der Waals surface area contributed by atoms with Crippen molar-refractivity contribution < 1.29 is 23.2 Å². The van der Waals surface area contributed by atoms with Gasteiger partial charge >= 0.3 is 6.03 Å². The van der Waals surface area contributed by atoms with Crippen LogP contribution < -0.4 is 16.0 Å². The maximum atomic E-state index is 14.8. The molecule has 4 rings (SSSR count). The molecule has 12 heteroatoms. The second-order valence-electron chi connectivity index (χ2n) is 9.28. The molecule has 1 aliphatic heterocycles. The van der Waals surface area contributed by atoms with E-state index in [1.54, 1.807) is 38.4 Å². The number of aryl methyl sites for hydroxylation is 1. The third-order valence-electron chi connectivity index (χ3n) is 6.79. The lowest BCUT2D eigenvalue weighted by Gasteiger charge is -2.45. The van der Waals surface area contributed by atoms with E-state index in [0.717, 1.165) is 11.0 Å². The summed E-state index contributed by atoms with van der Waals surface area (Å²) in [7, 11) is 3.21. The maximum absolute atomic E-state index is 14.8. The standard InChI is InChI=1S/C26H29F2N7O3/c1-5-19(16-6-7-18(27)14(2)22(16)28)31-26(38)35-23(25(37)34(4)21-9-11-33(3)32-21)17(24(35)36)12-15-8-10-30-20(29)13-15/h6-11,13,17,19,23H,5,12H2,1-4H3,(H2,29,30)(H,31,38)/t17-,19?,23+/m1/s1. The number of carbonyl (C=O) groups is 3. The Balaban J connectivity index is 1.62. The van der Waals surface area contributed by atoms with Crippen LogP contribution in [0.25, 0.3) is 0 Å². The van der Waals surface area contributed by atoms with Gasteiger partial charge in [0, 0.05) is 43.7 Å². The summed E-state index contributed by atoms with van der Waals surface area (Å²) in [6.07, 6.45) is 3.59. The lowest BCUT2D eigenvalue weighted by atomic mass is 9.81. The van der Waals surface area contributed by atoms with Gasteiger partial charge in [0.25, 0.3) is 5.91 Å². The summed E-state index contributed by atoms with van der Waals surface area (Å²) >= 11 is 0. The zero-order chi connectivity index (χ0) is 27.7. The minimum absolute atomic E-state index is 0.0880. The van der Waals surface area contributed by atoms with Gasteiger partial charge in [0.1, 0.15) is 23.5 Å². The maximum Gasteiger partial charge on any atom is 0.325 e. The Kier molecular flexibility index (Phi) is 7.42. The number of aromatic nitrogens is 3. The number of halogens is 2. The molecule has 3 heterocycles. The van der Waals surface area contributed by atoms with Gasteiger partial charge in [-0.25, -0.2) is 18.6 Å². The summed E-state index contributed by atoms with van der Waals surface area (Å²) in [5, 5.41) is 6.88. The number of amides is 4. The molecule has 2 aromatic heterocycles. The van der Waals surface area contributed by atoms with Gasteiger partial charge in [-0.2, -0.15) is 5.10 Å². The van der Waals surface area contributed by atoms with Crippen LogP contribution in [0.3, 0.4) is 0 Å². The number of imide groups is 1. The summed E-state index contributed by atoms with van der Waals surface area (Å²) in [5.41, 5.74) is 6.38. The van der Waals surface area contributed by atoms with Crippen molar-refractivity contribution in [2.45, 2.75) is 38.8 Å². The molecule has 0 bridgehead atoms. The fourth-order valence-corrected chi connectivity index (χ4v) is 4.59. The molecule has 200 valence electrons. The molecule has 1 saturated heterocycles. The predicted molar refractivity (Wildman–Crippen MR) is 136 cm³/mol. The predicted octanol–water partition coefficient (Wildman–Crippen LogP) is 2.88. The van der Waals surface area contributed by atoms with Crippen LogP contribution in [-0.4, -0.2) is 50.6 Å². The molecule has 3 aromatic rings. The topological polar surface area (TPSA) is 126 Å². The van der Waals surface area contributed by atoms with E-state index >= 15 is 0 Å². The minimum atomic E-state index is -1.14. The Hall–Kier alpha value is -4.35. The van der Waals surface area contributed by atoms with E-state index in [2.05, 4.69) is 15.4 Å². The fraction of sp³-hybridized carbons (Fsp3) is 0.346. The molecule has 1 fully saturated rings. The highest BCUT2D eigenvalue weighted by Gasteiger charge is 2.55. The number of nitrogen functional groups attached to an aromatic ring is 1. The van der Waals surface area contributed by atoms with Crippen LogP contribution >= 0.6 is 0 Å². The Morgan fingerprint density at radius 3 is 2.61 bits per heavy atom. The van der Waals surface area contributed by atoms with Gasteiger partial charge in [0.2, 0.25) is 5.91 Å². The molecule has 10 nitrogen and oxygen atoms in total. The number of benzene rings is 1. The molecule has 3 N–H and O–H groups in total. The molecule has 1 aromatic carbocycles. The van der Waals surface area contributed by atoms with Crippen LogP contribution in [-0.2, 0) is 23.1 Å². The number of rotatable bonds is 7. The minimum Gasteiger partial charge on any atom is -0.384 e. The molecular formula is C26H29F2N7O3. The van der Waals surface area contributed by atoms with Gasteiger partial charge in [-0.05, 0) is 43.5 Å².